The number of alkyl halides is 3. The largest absolute Gasteiger partial charge is 0.471 e. The molecule has 0 aromatic heterocycles. The minimum atomic E-state index is -4.84. The highest BCUT2D eigenvalue weighted by molar-refractivity contribution is 5.81. The summed E-state index contributed by atoms with van der Waals surface area (Å²) in [5.74, 6) is -1.84. The fraction of sp³-hybridized carbons (Fsp3) is 0.381. The summed E-state index contributed by atoms with van der Waals surface area (Å²) in [6.45, 7) is 1.40. The lowest BCUT2D eigenvalue weighted by Crippen LogP contribution is -2.52. The van der Waals surface area contributed by atoms with E-state index in [9.17, 15) is 18.0 Å². The van der Waals surface area contributed by atoms with Gasteiger partial charge in [-0.2, -0.15) is 13.2 Å². The van der Waals surface area contributed by atoms with E-state index >= 15 is 0 Å². The van der Waals surface area contributed by atoms with Crippen LogP contribution in [0.3, 0.4) is 0 Å². The quantitative estimate of drug-likeness (QED) is 0.857. The van der Waals surface area contributed by atoms with E-state index in [0.717, 1.165) is 18.5 Å². The van der Waals surface area contributed by atoms with Crippen molar-refractivity contribution in [2.75, 3.05) is 6.54 Å². The summed E-state index contributed by atoms with van der Waals surface area (Å²) in [6, 6.07) is 19.6. The van der Waals surface area contributed by atoms with E-state index < -0.39 is 18.1 Å². The molecule has 144 valence electrons. The van der Waals surface area contributed by atoms with Gasteiger partial charge in [0, 0.05) is 25.2 Å². The maximum atomic E-state index is 12.6. The van der Waals surface area contributed by atoms with Crippen molar-refractivity contribution < 1.29 is 18.0 Å². The van der Waals surface area contributed by atoms with Crippen LogP contribution in [-0.2, 0) is 17.8 Å². The number of rotatable bonds is 5. The number of nitrogens with zero attached hydrogens (tertiary/aromatic N) is 1. The molecule has 1 aliphatic heterocycles. The van der Waals surface area contributed by atoms with E-state index in [1.54, 1.807) is 0 Å². The van der Waals surface area contributed by atoms with Gasteiger partial charge < -0.3 is 5.32 Å². The van der Waals surface area contributed by atoms with Crippen molar-refractivity contribution in [3.63, 3.8) is 0 Å². The van der Waals surface area contributed by atoms with Crippen LogP contribution < -0.4 is 5.32 Å². The van der Waals surface area contributed by atoms with Crippen LogP contribution in [0.5, 0.6) is 0 Å². The van der Waals surface area contributed by atoms with Gasteiger partial charge in [-0.05, 0) is 30.4 Å². The predicted octanol–water partition coefficient (Wildman–Crippen LogP) is 3.94. The summed E-state index contributed by atoms with van der Waals surface area (Å²) in [5, 5.41) is 2.17. The molecule has 6 heteroatoms. The fourth-order valence-corrected chi connectivity index (χ4v) is 3.62. The van der Waals surface area contributed by atoms with Crippen molar-refractivity contribution in [2.24, 2.45) is 0 Å². The van der Waals surface area contributed by atoms with Gasteiger partial charge in [-0.25, -0.2) is 0 Å². The Morgan fingerprint density at radius 1 is 1.00 bits per heavy atom. The molecular formula is C21H23F3N2O. The van der Waals surface area contributed by atoms with Crippen LogP contribution in [0.2, 0.25) is 0 Å². The van der Waals surface area contributed by atoms with Crippen LogP contribution >= 0.6 is 0 Å². The third-order valence-corrected chi connectivity index (χ3v) is 4.97. The summed E-state index contributed by atoms with van der Waals surface area (Å²) < 4.78 is 37.8. The SMILES string of the molecule is O=C(NC1CCN(Cc2ccccc2)C(Cc2ccccc2)C1)C(F)(F)F. The maximum Gasteiger partial charge on any atom is 0.471 e. The standard InChI is InChI=1S/C21H23F3N2O/c22-21(23,24)20(27)25-18-11-12-26(15-17-9-5-2-6-10-17)19(14-18)13-16-7-3-1-4-8-16/h1-10,18-19H,11-15H2,(H,25,27). The predicted molar refractivity (Wildman–Crippen MR) is 98.0 cm³/mol. The smallest absolute Gasteiger partial charge is 0.345 e. The van der Waals surface area contributed by atoms with Gasteiger partial charge in [-0.1, -0.05) is 60.7 Å². The van der Waals surface area contributed by atoms with Crippen molar-refractivity contribution >= 4 is 5.91 Å². The summed E-state index contributed by atoms with van der Waals surface area (Å²) in [4.78, 5) is 13.6. The first-order chi connectivity index (χ1) is 12.9. The Kier molecular flexibility index (Phi) is 6.16. The van der Waals surface area contributed by atoms with Crippen molar-refractivity contribution in [3.05, 3.63) is 71.8 Å². The van der Waals surface area contributed by atoms with Crippen LogP contribution in [0.15, 0.2) is 60.7 Å². The van der Waals surface area contributed by atoms with E-state index in [-0.39, 0.29) is 6.04 Å². The first-order valence-corrected chi connectivity index (χ1v) is 9.11. The minimum Gasteiger partial charge on any atom is -0.345 e. The van der Waals surface area contributed by atoms with Gasteiger partial charge in [0.15, 0.2) is 0 Å². The number of likely N-dealkylation sites (tertiary alicyclic amines) is 1. The molecule has 2 aromatic rings. The second-order valence-electron chi connectivity index (χ2n) is 6.99. The highest BCUT2D eigenvalue weighted by Crippen LogP contribution is 2.24. The van der Waals surface area contributed by atoms with Gasteiger partial charge in [0.1, 0.15) is 0 Å². The molecule has 27 heavy (non-hydrogen) atoms. The third-order valence-electron chi connectivity index (χ3n) is 4.97. The van der Waals surface area contributed by atoms with Crippen molar-refractivity contribution in [3.8, 4) is 0 Å². The number of amides is 1. The lowest BCUT2D eigenvalue weighted by molar-refractivity contribution is -0.174. The lowest BCUT2D eigenvalue weighted by atomic mass is 9.91. The monoisotopic (exact) mass is 376 g/mol. The zero-order valence-electron chi connectivity index (χ0n) is 15.0. The summed E-state index contributed by atoms with van der Waals surface area (Å²) in [5.41, 5.74) is 2.32. The fourth-order valence-electron chi connectivity index (χ4n) is 3.62. The summed E-state index contributed by atoms with van der Waals surface area (Å²) in [7, 11) is 0. The number of carbonyl (C=O) groups is 1. The van der Waals surface area contributed by atoms with E-state index in [4.69, 9.17) is 0 Å². The number of piperidine rings is 1. The van der Waals surface area contributed by atoms with Gasteiger partial charge in [0.05, 0.1) is 0 Å². The third kappa shape index (κ3) is 5.57. The van der Waals surface area contributed by atoms with Gasteiger partial charge in [0.25, 0.3) is 0 Å². The molecule has 2 atom stereocenters. The molecule has 0 aliphatic carbocycles. The van der Waals surface area contributed by atoms with E-state index in [2.05, 4.69) is 22.3 Å². The zero-order chi connectivity index (χ0) is 19.3. The zero-order valence-corrected chi connectivity index (χ0v) is 15.0. The van der Waals surface area contributed by atoms with Crippen molar-refractivity contribution in [1.82, 2.24) is 10.2 Å². The summed E-state index contributed by atoms with van der Waals surface area (Å²) >= 11 is 0. The van der Waals surface area contributed by atoms with Crippen molar-refractivity contribution in [1.29, 1.82) is 0 Å². The Bertz CT molecular complexity index is 734. The number of nitrogens with one attached hydrogen (secondary N) is 1. The Labute approximate surface area is 157 Å². The van der Waals surface area contributed by atoms with Crippen LogP contribution in [0.1, 0.15) is 24.0 Å². The highest BCUT2D eigenvalue weighted by Gasteiger charge is 2.41. The summed E-state index contributed by atoms with van der Waals surface area (Å²) in [6.07, 6.45) is -3.08. The molecule has 0 radical (unpaired) electrons. The first-order valence-electron chi connectivity index (χ1n) is 9.11. The number of carbonyl (C=O) groups excluding carboxylic acids is 1. The molecule has 3 rings (SSSR count). The second-order valence-corrected chi connectivity index (χ2v) is 6.99. The molecular weight excluding hydrogens is 353 g/mol. The normalized spacial score (nSPS) is 21.0. The first kappa shape index (κ1) is 19.4. The van der Waals surface area contributed by atoms with Gasteiger partial charge in [0.2, 0.25) is 0 Å². The highest BCUT2D eigenvalue weighted by atomic mass is 19.4. The average molecular weight is 376 g/mol. The topological polar surface area (TPSA) is 32.3 Å². The number of hydrogen-bond donors (Lipinski definition) is 1. The Morgan fingerprint density at radius 3 is 2.19 bits per heavy atom. The van der Waals surface area contributed by atoms with Gasteiger partial charge >= 0.3 is 12.1 Å². The van der Waals surface area contributed by atoms with Crippen molar-refractivity contribution in [2.45, 2.75) is 44.1 Å². The lowest BCUT2D eigenvalue weighted by Gasteiger charge is -2.40. The van der Waals surface area contributed by atoms with Gasteiger partial charge in [-0.15, -0.1) is 0 Å². The molecule has 1 heterocycles. The maximum absolute atomic E-state index is 12.6. The second kappa shape index (κ2) is 8.57. The van der Waals surface area contributed by atoms with Crippen LogP contribution in [0.4, 0.5) is 13.2 Å². The molecule has 2 unspecified atom stereocenters. The number of hydrogen-bond acceptors (Lipinski definition) is 2. The molecule has 0 spiro atoms. The van der Waals surface area contributed by atoms with Gasteiger partial charge in [-0.3, -0.25) is 9.69 Å². The van der Waals surface area contributed by atoms with E-state index in [0.29, 0.717) is 19.4 Å². The van der Waals surface area contributed by atoms with Crippen LogP contribution in [0.25, 0.3) is 0 Å². The molecule has 1 fully saturated rings. The Morgan fingerprint density at radius 2 is 1.59 bits per heavy atom. The molecule has 2 aromatic carbocycles. The Hall–Kier alpha value is -2.34. The molecule has 3 nitrogen and oxygen atoms in total. The van der Waals surface area contributed by atoms with E-state index in [1.807, 2.05) is 48.5 Å². The molecule has 1 amide bonds. The van der Waals surface area contributed by atoms with Crippen LogP contribution in [-0.4, -0.2) is 35.6 Å². The Balaban J connectivity index is 1.71. The number of benzene rings is 2. The van der Waals surface area contributed by atoms with Crippen LogP contribution in [0, 0.1) is 0 Å². The minimum absolute atomic E-state index is 0.0693. The molecule has 0 saturated carbocycles. The average Bonchev–Trinajstić information content (AvgIpc) is 2.65. The molecule has 1 N–H and O–H groups in total. The number of halogens is 3. The molecule has 0 bridgehead atoms. The van der Waals surface area contributed by atoms with E-state index in [1.165, 1.54) is 5.56 Å². The molecule has 1 aliphatic rings. The molecule has 1 saturated heterocycles.